The molecule has 0 aromatic heterocycles. The summed E-state index contributed by atoms with van der Waals surface area (Å²) in [4.78, 5) is 23.6. The Morgan fingerprint density at radius 3 is 2.05 bits per heavy atom. The summed E-state index contributed by atoms with van der Waals surface area (Å²) >= 11 is 6.09. The van der Waals surface area contributed by atoms with Crippen molar-refractivity contribution >= 4 is 23.5 Å². The van der Waals surface area contributed by atoms with Crippen molar-refractivity contribution in [2.75, 3.05) is 0 Å². The van der Waals surface area contributed by atoms with Gasteiger partial charge >= 0.3 is 11.9 Å². The molecule has 0 spiro atoms. The van der Waals surface area contributed by atoms with Crippen molar-refractivity contribution in [1.29, 1.82) is 0 Å². The molecule has 0 aromatic carbocycles. The van der Waals surface area contributed by atoms with Gasteiger partial charge in [-0.25, -0.2) is 9.59 Å². The van der Waals surface area contributed by atoms with Gasteiger partial charge in [-0.05, 0) is 25.7 Å². The largest absolute Gasteiger partial charge is 0.420 e. The van der Waals surface area contributed by atoms with Crippen LogP contribution < -0.4 is 0 Å². The maximum absolute atomic E-state index is 11.8. The third-order valence-electron chi connectivity index (χ3n) is 3.50. The number of aliphatic hydroxyl groups is 2. The SMILES string of the molecule is CCC(O)C(=O)OC1(OC(=O)C(O)CC)CCCC(Cl)C1. The Balaban J connectivity index is 2.84. The summed E-state index contributed by atoms with van der Waals surface area (Å²) in [5, 5.41) is 18.8. The molecule has 3 atom stereocenters. The Bertz CT molecular complexity index is 348. The summed E-state index contributed by atoms with van der Waals surface area (Å²) in [6, 6.07) is 0. The van der Waals surface area contributed by atoms with Gasteiger partial charge in [-0.2, -0.15) is 0 Å². The van der Waals surface area contributed by atoms with Crippen LogP contribution in [0.15, 0.2) is 0 Å². The normalized spacial score (nSPS) is 28.5. The molecule has 1 saturated carbocycles. The van der Waals surface area contributed by atoms with E-state index in [-0.39, 0.29) is 24.6 Å². The molecule has 7 heteroatoms. The molecule has 2 N–H and O–H groups in total. The Hall–Kier alpha value is -0.850. The lowest BCUT2D eigenvalue weighted by atomic mass is 9.93. The second kappa shape index (κ2) is 7.96. The topological polar surface area (TPSA) is 93.1 Å². The molecule has 1 aliphatic carbocycles. The van der Waals surface area contributed by atoms with Crippen LogP contribution in [0.2, 0.25) is 0 Å². The summed E-state index contributed by atoms with van der Waals surface area (Å²) < 4.78 is 10.5. The third-order valence-corrected chi connectivity index (χ3v) is 3.87. The van der Waals surface area contributed by atoms with Gasteiger partial charge in [0.2, 0.25) is 0 Å². The van der Waals surface area contributed by atoms with Crippen molar-refractivity contribution < 1.29 is 29.3 Å². The molecular formula is C14H23ClO6. The van der Waals surface area contributed by atoms with Crippen molar-refractivity contribution in [3.63, 3.8) is 0 Å². The van der Waals surface area contributed by atoms with Gasteiger partial charge in [0.15, 0.2) is 12.2 Å². The highest BCUT2D eigenvalue weighted by atomic mass is 35.5. The van der Waals surface area contributed by atoms with E-state index in [4.69, 9.17) is 21.1 Å². The fourth-order valence-corrected chi connectivity index (χ4v) is 2.57. The molecule has 0 saturated heterocycles. The zero-order valence-corrected chi connectivity index (χ0v) is 13.1. The van der Waals surface area contributed by atoms with E-state index in [1.165, 1.54) is 0 Å². The lowest BCUT2D eigenvalue weighted by Gasteiger charge is -2.38. The first-order chi connectivity index (χ1) is 9.83. The molecule has 1 fully saturated rings. The average molecular weight is 323 g/mol. The van der Waals surface area contributed by atoms with Crippen LogP contribution in [-0.2, 0) is 19.1 Å². The number of hydrogen-bond donors (Lipinski definition) is 2. The number of esters is 2. The number of ether oxygens (including phenoxy) is 2. The molecule has 1 aliphatic rings. The standard InChI is InChI=1S/C14H23ClO6/c1-3-10(16)12(18)20-14(7-5-6-9(15)8-14)21-13(19)11(17)4-2/h9-11,16-17H,3-8H2,1-2H3. The van der Waals surface area contributed by atoms with Gasteiger partial charge in [0.1, 0.15) is 0 Å². The molecule has 6 nitrogen and oxygen atoms in total. The molecular weight excluding hydrogens is 300 g/mol. The molecule has 21 heavy (non-hydrogen) atoms. The average Bonchev–Trinajstić information content (AvgIpc) is 2.44. The Morgan fingerprint density at radius 1 is 1.19 bits per heavy atom. The number of carbonyl (C=O) groups is 2. The molecule has 0 aliphatic heterocycles. The summed E-state index contributed by atoms with van der Waals surface area (Å²) in [5.74, 6) is -3.19. The second-order valence-corrected chi connectivity index (χ2v) is 5.91. The molecule has 0 amide bonds. The van der Waals surface area contributed by atoms with Gasteiger partial charge < -0.3 is 19.7 Å². The van der Waals surface area contributed by atoms with Crippen LogP contribution in [0.3, 0.4) is 0 Å². The highest BCUT2D eigenvalue weighted by Gasteiger charge is 2.44. The Morgan fingerprint density at radius 2 is 1.67 bits per heavy atom. The minimum atomic E-state index is -1.49. The molecule has 0 radical (unpaired) electrons. The monoisotopic (exact) mass is 322 g/mol. The zero-order valence-electron chi connectivity index (χ0n) is 12.4. The van der Waals surface area contributed by atoms with Crippen LogP contribution in [-0.4, -0.2) is 45.5 Å². The lowest BCUT2D eigenvalue weighted by Crippen LogP contribution is -2.48. The summed E-state index contributed by atoms with van der Waals surface area (Å²) in [6.07, 6.45) is -0.334. The van der Waals surface area contributed by atoms with Gasteiger partial charge in [-0.3, -0.25) is 0 Å². The van der Waals surface area contributed by atoms with E-state index < -0.39 is 29.9 Å². The molecule has 1 rings (SSSR count). The predicted molar refractivity (Wildman–Crippen MR) is 75.6 cm³/mol. The predicted octanol–water partition coefficient (Wildman–Crippen LogP) is 1.49. The first-order valence-corrected chi connectivity index (χ1v) is 7.73. The number of halogens is 1. The quantitative estimate of drug-likeness (QED) is 0.437. The van der Waals surface area contributed by atoms with E-state index in [2.05, 4.69) is 0 Å². The second-order valence-electron chi connectivity index (χ2n) is 5.29. The van der Waals surface area contributed by atoms with E-state index in [1.54, 1.807) is 13.8 Å². The van der Waals surface area contributed by atoms with Gasteiger partial charge in [-0.15, -0.1) is 11.6 Å². The van der Waals surface area contributed by atoms with Crippen LogP contribution in [0.25, 0.3) is 0 Å². The number of hydrogen-bond acceptors (Lipinski definition) is 6. The lowest BCUT2D eigenvalue weighted by molar-refractivity contribution is -0.247. The highest BCUT2D eigenvalue weighted by Crippen LogP contribution is 2.36. The van der Waals surface area contributed by atoms with E-state index in [0.717, 1.165) is 6.42 Å². The van der Waals surface area contributed by atoms with E-state index >= 15 is 0 Å². The first kappa shape index (κ1) is 18.2. The molecule has 0 heterocycles. The van der Waals surface area contributed by atoms with Gasteiger partial charge in [0.25, 0.3) is 5.79 Å². The Labute approximate surface area is 129 Å². The van der Waals surface area contributed by atoms with Gasteiger partial charge in [0.05, 0.1) is 0 Å². The van der Waals surface area contributed by atoms with Gasteiger partial charge in [0, 0.05) is 18.2 Å². The summed E-state index contributed by atoms with van der Waals surface area (Å²) in [6.45, 7) is 3.27. The van der Waals surface area contributed by atoms with Crippen molar-refractivity contribution in [1.82, 2.24) is 0 Å². The van der Waals surface area contributed by atoms with Crippen LogP contribution in [0.5, 0.6) is 0 Å². The fraction of sp³-hybridized carbons (Fsp3) is 0.857. The maximum atomic E-state index is 11.8. The van der Waals surface area contributed by atoms with Crippen LogP contribution in [0, 0.1) is 0 Å². The fourth-order valence-electron chi connectivity index (χ4n) is 2.18. The Kier molecular flexibility index (Phi) is 6.90. The number of aliphatic hydroxyl groups excluding tert-OH is 2. The van der Waals surface area contributed by atoms with Crippen LogP contribution in [0.4, 0.5) is 0 Å². The highest BCUT2D eigenvalue weighted by molar-refractivity contribution is 6.20. The maximum Gasteiger partial charge on any atom is 0.338 e. The summed E-state index contributed by atoms with van der Waals surface area (Å²) in [5.41, 5.74) is 0. The van der Waals surface area contributed by atoms with E-state index in [9.17, 15) is 19.8 Å². The smallest absolute Gasteiger partial charge is 0.338 e. The van der Waals surface area contributed by atoms with E-state index in [1.807, 2.05) is 0 Å². The van der Waals surface area contributed by atoms with E-state index in [0.29, 0.717) is 12.8 Å². The van der Waals surface area contributed by atoms with Crippen LogP contribution in [0.1, 0.15) is 52.4 Å². The number of rotatable bonds is 6. The number of carbonyl (C=O) groups excluding carboxylic acids is 2. The summed E-state index contributed by atoms with van der Waals surface area (Å²) in [7, 11) is 0. The molecule has 0 aromatic rings. The zero-order chi connectivity index (χ0) is 16.0. The minimum absolute atomic E-state index is 0.152. The van der Waals surface area contributed by atoms with Crippen molar-refractivity contribution in [2.45, 2.75) is 75.7 Å². The van der Waals surface area contributed by atoms with Crippen molar-refractivity contribution in [3.05, 3.63) is 0 Å². The van der Waals surface area contributed by atoms with Crippen LogP contribution >= 0.6 is 11.6 Å². The molecule has 3 unspecified atom stereocenters. The third kappa shape index (κ3) is 5.13. The molecule has 0 bridgehead atoms. The van der Waals surface area contributed by atoms with Crippen molar-refractivity contribution in [2.24, 2.45) is 0 Å². The van der Waals surface area contributed by atoms with Gasteiger partial charge in [-0.1, -0.05) is 13.8 Å². The number of alkyl halides is 1. The minimum Gasteiger partial charge on any atom is -0.420 e. The first-order valence-electron chi connectivity index (χ1n) is 7.29. The molecule has 122 valence electrons. The van der Waals surface area contributed by atoms with Crippen molar-refractivity contribution in [3.8, 4) is 0 Å².